The van der Waals surface area contributed by atoms with Crippen molar-refractivity contribution in [2.75, 3.05) is 12.4 Å². The van der Waals surface area contributed by atoms with E-state index in [1.807, 2.05) is 0 Å². The van der Waals surface area contributed by atoms with Crippen LogP contribution in [0.4, 0.5) is 10.1 Å². The smallest absolute Gasteiger partial charge is 0.339 e. The van der Waals surface area contributed by atoms with E-state index in [1.165, 1.54) is 19.2 Å². The zero-order valence-corrected chi connectivity index (χ0v) is 10.6. The summed E-state index contributed by atoms with van der Waals surface area (Å²) < 4.78 is 17.4. The number of amides is 1. The molecule has 102 valence electrons. The minimum absolute atomic E-state index is 0.0473. The number of nitrogens with zero attached hydrogens (tertiary/aromatic N) is 1. The Kier molecular flexibility index (Phi) is 4.05. The Hall–Kier alpha value is -2.76. The summed E-state index contributed by atoms with van der Waals surface area (Å²) in [7, 11) is 1.25. The summed E-state index contributed by atoms with van der Waals surface area (Å²) in [5, 5.41) is 2.54. The molecule has 0 spiro atoms. The van der Waals surface area contributed by atoms with E-state index in [4.69, 9.17) is 0 Å². The highest BCUT2D eigenvalue weighted by molar-refractivity contribution is 6.07. The predicted octanol–water partition coefficient (Wildman–Crippen LogP) is 2.26. The van der Waals surface area contributed by atoms with Gasteiger partial charge < -0.3 is 10.1 Å². The average molecular weight is 274 g/mol. The lowest BCUT2D eigenvalue weighted by Gasteiger charge is -2.09. The van der Waals surface area contributed by atoms with Crippen LogP contribution in [-0.4, -0.2) is 24.0 Å². The molecular weight excluding hydrogens is 263 g/mol. The third kappa shape index (κ3) is 2.97. The Bertz CT molecular complexity index is 641. The lowest BCUT2D eigenvalue weighted by Crippen LogP contribution is -2.16. The van der Waals surface area contributed by atoms with Crippen LogP contribution >= 0.6 is 0 Å². The first-order chi connectivity index (χ1) is 9.61. The fourth-order valence-electron chi connectivity index (χ4n) is 1.58. The summed E-state index contributed by atoms with van der Waals surface area (Å²) in [6, 6.07) is 8.80. The molecule has 5 nitrogen and oxygen atoms in total. The average Bonchev–Trinajstić information content (AvgIpc) is 2.47. The molecule has 0 radical (unpaired) electrons. The van der Waals surface area contributed by atoms with Crippen molar-refractivity contribution in [3.05, 3.63) is 59.7 Å². The van der Waals surface area contributed by atoms with Gasteiger partial charge in [0.2, 0.25) is 0 Å². The highest BCUT2D eigenvalue weighted by Crippen LogP contribution is 2.16. The molecule has 0 saturated carbocycles. The van der Waals surface area contributed by atoms with E-state index in [2.05, 4.69) is 15.0 Å². The number of benzene rings is 1. The van der Waals surface area contributed by atoms with Crippen molar-refractivity contribution < 1.29 is 18.7 Å². The van der Waals surface area contributed by atoms with Crippen LogP contribution < -0.4 is 5.32 Å². The molecule has 0 aliphatic carbocycles. The fraction of sp³-hybridized carbons (Fsp3) is 0.0714. The van der Waals surface area contributed by atoms with Crippen molar-refractivity contribution >= 4 is 17.6 Å². The van der Waals surface area contributed by atoms with E-state index in [0.717, 1.165) is 12.3 Å². The number of esters is 1. The molecule has 2 aromatic rings. The van der Waals surface area contributed by atoms with Crippen molar-refractivity contribution in [3.63, 3.8) is 0 Å². The van der Waals surface area contributed by atoms with Crippen molar-refractivity contribution in [1.29, 1.82) is 0 Å². The minimum Gasteiger partial charge on any atom is -0.465 e. The SMILES string of the molecule is COC(=O)c1ccccc1NC(=O)c1ccc(F)cn1. The number of anilines is 1. The number of aromatic nitrogens is 1. The number of methoxy groups -OCH3 is 1. The molecule has 1 aromatic heterocycles. The van der Waals surface area contributed by atoms with Crippen LogP contribution in [0.3, 0.4) is 0 Å². The lowest BCUT2D eigenvalue weighted by molar-refractivity contribution is 0.0602. The first-order valence-corrected chi connectivity index (χ1v) is 5.72. The predicted molar refractivity (Wildman–Crippen MR) is 69.9 cm³/mol. The summed E-state index contributed by atoms with van der Waals surface area (Å²) in [5.41, 5.74) is 0.576. The molecule has 1 N–H and O–H groups in total. The van der Waals surface area contributed by atoms with Gasteiger partial charge in [-0.2, -0.15) is 0 Å². The maximum Gasteiger partial charge on any atom is 0.339 e. The number of nitrogens with one attached hydrogen (secondary N) is 1. The number of ether oxygens (including phenoxy) is 1. The summed E-state index contributed by atoms with van der Waals surface area (Å²) in [4.78, 5) is 27.2. The van der Waals surface area contributed by atoms with E-state index < -0.39 is 17.7 Å². The highest BCUT2D eigenvalue weighted by Gasteiger charge is 2.14. The van der Waals surface area contributed by atoms with Crippen LogP contribution in [0.2, 0.25) is 0 Å². The van der Waals surface area contributed by atoms with E-state index in [9.17, 15) is 14.0 Å². The van der Waals surface area contributed by atoms with Gasteiger partial charge in [0.05, 0.1) is 24.6 Å². The molecule has 20 heavy (non-hydrogen) atoms. The van der Waals surface area contributed by atoms with Crippen LogP contribution in [0, 0.1) is 5.82 Å². The quantitative estimate of drug-likeness (QED) is 0.872. The van der Waals surface area contributed by atoms with E-state index in [0.29, 0.717) is 5.69 Å². The Morgan fingerprint density at radius 2 is 1.95 bits per heavy atom. The molecule has 0 aliphatic rings. The Labute approximate surface area is 114 Å². The van der Waals surface area contributed by atoms with Gasteiger partial charge in [0.25, 0.3) is 5.91 Å². The molecule has 0 fully saturated rings. The normalized spacial score (nSPS) is 9.90. The van der Waals surface area contributed by atoms with Gasteiger partial charge in [0.15, 0.2) is 0 Å². The van der Waals surface area contributed by atoms with Crippen LogP contribution in [-0.2, 0) is 4.74 Å². The van der Waals surface area contributed by atoms with Gasteiger partial charge in [-0.1, -0.05) is 12.1 Å². The Morgan fingerprint density at radius 3 is 2.60 bits per heavy atom. The fourth-order valence-corrected chi connectivity index (χ4v) is 1.58. The van der Waals surface area contributed by atoms with Crippen molar-refractivity contribution in [3.8, 4) is 0 Å². The van der Waals surface area contributed by atoms with Gasteiger partial charge in [0, 0.05) is 0 Å². The maximum atomic E-state index is 12.7. The molecule has 6 heteroatoms. The maximum absolute atomic E-state index is 12.7. The first-order valence-electron chi connectivity index (χ1n) is 5.72. The topological polar surface area (TPSA) is 68.3 Å². The first kappa shape index (κ1) is 13.7. The van der Waals surface area contributed by atoms with E-state index >= 15 is 0 Å². The Balaban J connectivity index is 2.24. The number of carbonyl (C=O) groups is 2. The van der Waals surface area contributed by atoms with Gasteiger partial charge in [-0.15, -0.1) is 0 Å². The number of halogens is 1. The van der Waals surface area contributed by atoms with Crippen molar-refractivity contribution in [1.82, 2.24) is 4.98 Å². The molecule has 0 unspecified atom stereocenters. The summed E-state index contributed by atoms with van der Waals surface area (Å²) in [6.45, 7) is 0. The molecule has 2 rings (SSSR count). The lowest BCUT2D eigenvalue weighted by atomic mass is 10.1. The molecule has 0 saturated heterocycles. The van der Waals surface area contributed by atoms with Gasteiger partial charge >= 0.3 is 5.97 Å². The number of pyridine rings is 1. The summed E-state index contributed by atoms with van der Waals surface area (Å²) in [5.74, 6) is -1.63. The Morgan fingerprint density at radius 1 is 1.20 bits per heavy atom. The zero-order valence-electron chi connectivity index (χ0n) is 10.6. The van der Waals surface area contributed by atoms with Gasteiger partial charge in [-0.05, 0) is 24.3 Å². The largest absolute Gasteiger partial charge is 0.465 e. The second kappa shape index (κ2) is 5.92. The molecule has 0 bridgehead atoms. The van der Waals surface area contributed by atoms with Crippen LogP contribution in [0.1, 0.15) is 20.8 Å². The van der Waals surface area contributed by atoms with E-state index in [1.54, 1.807) is 18.2 Å². The number of carbonyl (C=O) groups excluding carboxylic acids is 2. The number of para-hydroxylation sites is 1. The summed E-state index contributed by atoms with van der Waals surface area (Å²) >= 11 is 0. The zero-order chi connectivity index (χ0) is 14.5. The molecule has 0 atom stereocenters. The highest BCUT2D eigenvalue weighted by atomic mass is 19.1. The van der Waals surface area contributed by atoms with Crippen LogP contribution in [0.15, 0.2) is 42.6 Å². The monoisotopic (exact) mass is 274 g/mol. The molecule has 1 aromatic carbocycles. The van der Waals surface area contributed by atoms with Gasteiger partial charge in [-0.3, -0.25) is 4.79 Å². The van der Waals surface area contributed by atoms with Gasteiger partial charge in [-0.25, -0.2) is 14.2 Å². The molecule has 1 heterocycles. The van der Waals surface area contributed by atoms with Crippen LogP contribution in [0.25, 0.3) is 0 Å². The van der Waals surface area contributed by atoms with Crippen molar-refractivity contribution in [2.45, 2.75) is 0 Å². The van der Waals surface area contributed by atoms with Gasteiger partial charge in [0.1, 0.15) is 11.5 Å². The third-order valence-corrected chi connectivity index (χ3v) is 2.54. The van der Waals surface area contributed by atoms with Crippen molar-refractivity contribution in [2.24, 2.45) is 0 Å². The number of hydrogen-bond donors (Lipinski definition) is 1. The molecule has 1 amide bonds. The third-order valence-electron chi connectivity index (χ3n) is 2.54. The summed E-state index contributed by atoms with van der Waals surface area (Å²) in [6.07, 6.45) is 0.946. The second-order valence-electron chi connectivity index (χ2n) is 3.85. The molecule has 0 aliphatic heterocycles. The minimum atomic E-state index is -0.562. The molecular formula is C14H11FN2O3. The van der Waals surface area contributed by atoms with Crippen LogP contribution in [0.5, 0.6) is 0 Å². The number of hydrogen-bond acceptors (Lipinski definition) is 4. The van der Waals surface area contributed by atoms with E-state index in [-0.39, 0.29) is 11.3 Å². The second-order valence-corrected chi connectivity index (χ2v) is 3.85. The standard InChI is InChI=1S/C14H11FN2O3/c1-20-14(19)10-4-2-3-5-11(10)17-13(18)12-7-6-9(15)8-16-12/h2-8H,1H3,(H,17,18). The number of rotatable bonds is 3.